The van der Waals surface area contributed by atoms with Gasteiger partial charge in [0.25, 0.3) is 0 Å². The van der Waals surface area contributed by atoms with Crippen molar-refractivity contribution in [3.8, 4) is 0 Å². The molecular weight excluding hydrogens is 240 g/mol. The summed E-state index contributed by atoms with van der Waals surface area (Å²) in [7, 11) is 0. The van der Waals surface area contributed by atoms with Gasteiger partial charge in [0.1, 0.15) is 0 Å². The average Bonchev–Trinajstić information content (AvgIpc) is 2.86. The van der Waals surface area contributed by atoms with E-state index in [1.54, 1.807) is 12.5 Å². The monoisotopic (exact) mass is 264 g/mol. The van der Waals surface area contributed by atoms with E-state index in [0.717, 1.165) is 18.4 Å². The third-order valence-electron chi connectivity index (χ3n) is 4.87. The molecule has 2 rings (SSSR count). The van der Waals surface area contributed by atoms with Crippen LogP contribution in [0.25, 0.3) is 0 Å². The molecule has 0 aliphatic heterocycles. The summed E-state index contributed by atoms with van der Waals surface area (Å²) in [4.78, 5) is 12.4. The minimum Gasteiger partial charge on any atom is -0.472 e. The fourth-order valence-electron chi connectivity index (χ4n) is 3.02. The van der Waals surface area contributed by atoms with Crippen LogP contribution in [0.1, 0.15) is 39.2 Å². The summed E-state index contributed by atoms with van der Waals surface area (Å²) in [5, 5.41) is 3.01. The lowest BCUT2D eigenvalue weighted by Crippen LogP contribution is -2.51. The molecule has 0 spiro atoms. The molecule has 1 amide bonds. The Bertz CT molecular complexity index is 425. The topological polar surface area (TPSA) is 68.3 Å². The molecule has 1 aromatic heterocycles. The third-order valence-corrected chi connectivity index (χ3v) is 4.87. The molecule has 0 saturated heterocycles. The number of amides is 1. The minimum absolute atomic E-state index is 0.0363. The van der Waals surface area contributed by atoms with E-state index in [1.165, 1.54) is 0 Å². The normalized spacial score (nSPS) is 30.0. The summed E-state index contributed by atoms with van der Waals surface area (Å²) in [5.74, 6) is 0.519. The van der Waals surface area contributed by atoms with Gasteiger partial charge in [-0.2, -0.15) is 0 Å². The lowest BCUT2D eigenvalue weighted by atomic mass is 9.61. The van der Waals surface area contributed by atoms with Crippen molar-refractivity contribution in [2.45, 2.75) is 46.2 Å². The Labute approximate surface area is 114 Å². The van der Waals surface area contributed by atoms with Gasteiger partial charge in [-0.05, 0) is 30.2 Å². The van der Waals surface area contributed by atoms with E-state index in [4.69, 9.17) is 10.2 Å². The Morgan fingerprint density at radius 1 is 1.53 bits per heavy atom. The van der Waals surface area contributed by atoms with Crippen molar-refractivity contribution in [2.24, 2.45) is 23.0 Å². The van der Waals surface area contributed by atoms with Crippen LogP contribution in [0.4, 0.5) is 0 Å². The molecule has 0 radical (unpaired) electrons. The molecule has 4 heteroatoms. The molecule has 1 aromatic rings. The Balaban J connectivity index is 1.98. The van der Waals surface area contributed by atoms with E-state index in [9.17, 15) is 4.79 Å². The Morgan fingerprint density at radius 2 is 2.26 bits per heavy atom. The van der Waals surface area contributed by atoms with Gasteiger partial charge in [-0.3, -0.25) is 4.79 Å². The van der Waals surface area contributed by atoms with Gasteiger partial charge in [0.15, 0.2) is 0 Å². The van der Waals surface area contributed by atoms with Crippen molar-refractivity contribution in [3.63, 3.8) is 0 Å². The van der Waals surface area contributed by atoms with Crippen molar-refractivity contribution in [1.82, 2.24) is 5.32 Å². The first-order valence-electron chi connectivity index (χ1n) is 6.97. The summed E-state index contributed by atoms with van der Waals surface area (Å²) in [6.07, 6.45) is 5.07. The molecule has 3 atom stereocenters. The van der Waals surface area contributed by atoms with Gasteiger partial charge in [0.2, 0.25) is 5.91 Å². The number of rotatable bonds is 3. The maximum atomic E-state index is 12.4. The molecular formula is C15H24N2O2. The lowest BCUT2D eigenvalue weighted by molar-refractivity contribution is -0.132. The second-order valence-corrected chi connectivity index (χ2v) is 6.25. The van der Waals surface area contributed by atoms with Gasteiger partial charge in [0, 0.05) is 24.1 Å². The highest BCUT2D eigenvalue weighted by Gasteiger charge is 2.44. The van der Waals surface area contributed by atoms with Crippen LogP contribution in [0.15, 0.2) is 23.0 Å². The number of furan rings is 1. The molecule has 3 unspecified atom stereocenters. The van der Waals surface area contributed by atoms with Crippen molar-refractivity contribution >= 4 is 5.91 Å². The van der Waals surface area contributed by atoms with Crippen molar-refractivity contribution in [3.05, 3.63) is 24.2 Å². The third kappa shape index (κ3) is 2.84. The van der Waals surface area contributed by atoms with Crippen LogP contribution in [0.5, 0.6) is 0 Å². The van der Waals surface area contributed by atoms with Crippen LogP contribution in [0.2, 0.25) is 0 Å². The molecule has 19 heavy (non-hydrogen) atoms. The predicted octanol–water partition coefficient (Wildman–Crippen LogP) is 2.30. The van der Waals surface area contributed by atoms with Gasteiger partial charge in [-0.15, -0.1) is 0 Å². The first kappa shape index (κ1) is 14.1. The number of hydrogen-bond acceptors (Lipinski definition) is 3. The average molecular weight is 264 g/mol. The van der Waals surface area contributed by atoms with E-state index >= 15 is 0 Å². The van der Waals surface area contributed by atoms with Crippen LogP contribution in [-0.4, -0.2) is 11.9 Å². The summed E-state index contributed by atoms with van der Waals surface area (Å²) >= 11 is 0. The van der Waals surface area contributed by atoms with E-state index in [0.29, 0.717) is 12.5 Å². The van der Waals surface area contributed by atoms with E-state index in [-0.39, 0.29) is 23.3 Å². The molecule has 0 aromatic carbocycles. The summed E-state index contributed by atoms with van der Waals surface area (Å²) < 4.78 is 5.00. The maximum absolute atomic E-state index is 12.4. The zero-order valence-electron chi connectivity index (χ0n) is 12.0. The molecule has 1 saturated carbocycles. The van der Waals surface area contributed by atoms with Crippen molar-refractivity contribution in [2.75, 3.05) is 0 Å². The van der Waals surface area contributed by atoms with Crippen LogP contribution in [0.3, 0.4) is 0 Å². The number of carbonyl (C=O) groups excluding carboxylic acids is 1. The molecule has 0 bridgehead atoms. The zero-order valence-corrected chi connectivity index (χ0v) is 12.0. The second kappa shape index (κ2) is 5.37. The number of hydrogen-bond donors (Lipinski definition) is 2. The smallest absolute Gasteiger partial charge is 0.223 e. The van der Waals surface area contributed by atoms with Gasteiger partial charge >= 0.3 is 0 Å². The molecule has 1 fully saturated rings. The zero-order chi connectivity index (χ0) is 14.0. The highest BCUT2D eigenvalue weighted by Crippen LogP contribution is 2.44. The Hall–Kier alpha value is -1.29. The lowest BCUT2D eigenvalue weighted by Gasteiger charge is -2.46. The summed E-state index contributed by atoms with van der Waals surface area (Å²) in [5.41, 5.74) is 7.06. The first-order chi connectivity index (χ1) is 8.93. The summed E-state index contributed by atoms with van der Waals surface area (Å²) in [6.45, 7) is 6.99. The molecule has 1 aliphatic carbocycles. The highest BCUT2D eigenvalue weighted by molar-refractivity contribution is 5.79. The molecule has 1 heterocycles. The Morgan fingerprint density at radius 3 is 2.89 bits per heavy atom. The number of nitrogens with one attached hydrogen (secondary N) is 1. The van der Waals surface area contributed by atoms with Crippen LogP contribution in [0, 0.1) is 17.3 Å². The quantitative estimate of drug-likeness (QED) is 0.880. The second-order valence-electron chi connectivity index (χ2n) is 6.25. The SMILES string of the molecule is CC1C(N)CCC(C(=O)NCc2ccoc2)C1(C)C. The molecule has 3 N–H and O–H groups in total. The molecule has 4 nitrogen and oxygen atoms in total. The minimum atomic E-state index is -0.0574. The Kier molecular flexibility index (Phi) is 3.99. The van der Waals surface area contributed by atoms with Crippen LogP contribution in [-0.2, 0) is 11.3 Å². The van der Waals surface area contributed by atoms with Crippen molar-refractivity contribution < 1.29 is 9.21 Å². The highest BCUT2D eigenvalue weighted by atomic mass is 16.3. The van der Waals surface area contributed by atoms with Crippen LogP contribution < -0.4 is 11.1 Å². The van der Waals surface area contributed by atoms with Gasteiger partial charge in [-0.1, -0.05) is 20.8 Å². The van der Waals surface area contributed by atoms with Gasteiger partial charge in [0.05, 0.1) is 12.5 Å². The van der Waals surface area contributed by atoms with Gasteiger partial charge in [-0.25, -0.2) is 0 Å². The van der Waals surface area contributed by atoms with Crippen LogP contribution >= 0.6 is 0 Å². The predicted molar refractivity (Wildman–Crippen MR) is 74.2 cm³/mol. The van der Waals surface area contributed by atoms with E-state index < -0.39 is 0 Å². The molecule has 1 aliphatic rings. The van der Waals surface area contributed by atoms with Gasteiger partial charge < -0.3 is 15.5 Å². The number of nitrogens with two attached hydrogens (primary N) is 1. The summed E-state index contributed by atoms with van der Waals surface area (Å²) in [6, 6.07) is 2.07. The maximum Gasteiger partial charge on any atom is 0.223 e. The first-order valence-corrected chi connectivity index (χ1v) is 6.97. The standard InChI is InChI=1S/C15H24N2O2/c1-10-13(16)5-4-12(15(10,2)3)14(18)17-8-11-6-7-19-9-11/h6-7,9-10,12-13H,4-5,8,16H2,1-3H3,(H,17,18). The fraction of sp³-hybridized carbons (Fsp3) is 0.667. The van der Waals surface area contributed by atoms with E-state index in [2.05, 4.69) is 26.1 Å². The fourth-order valence-corrected chi connectivity index (χ4v) is 3.02. The molecule has 106 valence electrons. The van der Waals surface area contributed by atoms with Crippen molar-refractivity contribution in [1.29, 1.82) is 0 Å². The van der Waals surface area contributed by atoms with E-state index in [1.807, 2.05) is 6.07 Å². The largest absolute Gasteiger partial charge is 0.472 e. The number of carbonyl (C=O) groups is 1.